The fraction of sp³-hybridized carbons (Fsp3) is 0.778. The predicted molar refractivity (Wildman–Crippen MR) is 94.5 cm³/mol. The number of piperidine rings is 1. The molecule has 1 saturated heterocycles. The number of aromatic nitrogens is 2. The molecule has 0 saturated carbocycles. The second kappa shape index (κ2) is 8.12. The highest BCUT2D eigenvalue weighted by molar-refractivity contribution is 5.81. The van der Waals surface area contributed by atoms with Crippen LogP contribution in [0.25, 0.3) is 0 Å². The summed E-state index contributed by atoms with van der Waals surface area (Å²) in [7, 11) is 2.05. The van der Waals surface area contributed by atoms with Crippen molar-refractivity contribution in [1.29, 1.82) is 0 Å². The van der Waals surface area contributed by atoms with Gasteiger partial charge in [-0.05, 0) is 51.9 Å². The van der Waals surface area contributed by atoms with Gasteiger partial charge in [-0.1, -0.05) is 13.3 Å². The second-order valence-corrected chi connectivity index (χ2v) is 7.19. The molecule has 0 radical (unpaired) electrons. The van der Waals surface area contributed by atoms with Crippen molar-refractivity contribution in [3.05, 3.63) is 17.5 Å². The molecule has 2 aliphatic rings. The van der Waals surface area contributed by atoms with E-state index in [9.17, 15) is 4.79 Å². The fourth-order valence-electron chi connectivity index (χ4n) is 3.88. The van der Waals surface area contributed by atoms with Crippen molar-refractivity contribution in [3.8, 4) is 0 Å². The van der Waals surface area contributed by atoms with E-state index >= 15 is 0 Å². The van der Waals surface area contributed by atoms with E-state index < -0.39 is 0 Å². The average Bonchev–Trinajstić information content (AvgIpc) is 2.85. The summed E-state index contributed by atoms with van der Waals surface area (Å²) < 4.78 is 2.13. The predicted octanol–water partition coefficient (Wildman–Crippen LogP) is 1.60. The van der Waals surface area contributed by atoms with Gasteiger partial charge in [-0.3, -0.25) is 19.3 Å². The van der Waals surface area contributed by atoms with Crippen molar-refractivity contribution < 1.29 is 4.79 Å². The van der Waals surface area contributed by atoms with E-state index in [2.05, 4.69) is 32.8 Å². The molecule has 1 fully saturated rings. The van der Waals surface area contributed by atoms with E-state index in [-0.39, 0.29) is 11.9 Å². The van der Waals surface area contributed by atoms with Crippen molar-refractivity contribution in [1.82, 2.24) is 24.9 Å². The van der Waals surface area contributed by atoms with Crippen LogP contribution in [-0.2, 0) is 24.4 Å². The van der Waals surface area contributed by atoms with Crippen LogP contribution in [0, 0.1) is 0 Å². The fourth-order valence-corrected chi connectivity index (χ4v) is 3.88. The third-order valence-electron chi connectivity index (χ3n) is 5.20. The maximum Gasteiger partial charge on any atom is 0.237 e. The number of carbonyl (C=O) groups is 1. The highest BCUT2D eigenvalue weighted by Gasteiger charge is 2.25. The van der Waals surface area contributed by atoms with Gasteiger partial charge in [-0.15, -0.1) is 0 Å². The smallest absolute Gasteiger partial charge is 0.237 e. The lowest BCUT2D eigenvalue weighted by Crippen LogP contribution is -2.47. The summed E-state index contributed by atoms with van der Waals surface area (Å²) in [5, 5.41) is 7.79. The van der Waals surface area contributed by atoms with Gasteiger partial charge in [0.05, 0.1) is 24.0 Å². The van der Waals surface area contributed by atoms with Crippen LogP contribution in [0.15, 0.2) is 6.07 Å². The summed E-state index contributed by atoms with van der Waals surface area (Å²) in [6, 6.07) is 2.19. The Morgan fingerprint density at radius 1 is 1.29 bits per heavy atom. The molecule has 0 aromatic carbocycles. The summed E-state index contributed by atoms with van der Waals surface area (Å²) in [6.45, 7) is 8.03. The minimum atomic E-state index is 0.0271. The molecule has 2 aliphatic heterocycles. The normalized spacial score (nSPS) is 22.8. The molecule has 1 aromatic heterocycles. The Labute approximate surface area is 145 Å². The van der Waals surface area contributed by atoms with Gasteiger partial charge in [-0.25, -0.2) is 0 Å². The lowest BCUT2D eigenvalue weighted by molar-refractivity contribution is -0.127. The molecule has 1 N–H and O–H groups in total. The number of fused-ring (bicyclic) bond motifs is 1. The summed E-state index contributed by atoms with van der Waals surface area (Å²) in [6.07, 6.45) is 5.64. The number of likely N-dealkylation sites (tertiary alicyclic amines) is 1. The van der Waals surface area contributed by atoms with Crippen molar-refractivity contribution in [2.45, 2.75) is 64.7 Å². The largest absolute Gasteiger partial charge is 0.349 e. The molecule has 0 bridgehead atoms. The third-order valence-corrected chi connectivity index (χ3v) is 5.20. The Bertz CT molecular complexity index is 556. The van der Waals surface area contributed by atoms with E-state index in [4.69, 9.17) is 5.10 Å². The van der Waals surface area contributed by atoms with Gasteiger partial charge in [0.15, 0.2) is 0 Å². The van der Waals surface area contributed by atoms with Crippen LogP contribution in [0.3, 0.4) is 0 Å². The highest BCUT2D eigenvalue weighted by atomic mass is 16.2. The molecule has 0 spiro atoms. The van der Waals surface area contributed by atoms with Crippen LogP contribution in [-0.4, -0.2) is 58.2 Å². The molecular formula is C18H31N5O. The molecule has 1 amide bonds. The first-order chi connectivity index (χ1) is 11.7. The second-order valence-electron chi connectivity index (χ2n) is 7.19. The highest BCUT2D eigenvalue weighted by Crippen LogP contribution is 2.16. The zero-order chi connectivity index (χ0) is 16.9. The van der Waals surface area contributed by atoms with E-state index in [1.807, 2.05) is 7.05 Å². The zero-order valence-corrected chi connectivity index (χ0v) is 15.1. The molecule has 134 valence electrons. The molecule has 3 rings (SSSR count). The minimum Gasteiger partial charge on any atom is -0.349 e. The number of carbonyl (C=O) groups excluding carboxylic acids is 1. The summed E-state index contributed by atoms with van der Waals surface area (Å²) >= 11 is 0. The number of rotatable bonds is 5. The summed E-state index contributed by atoms with van der Waals surface area (Å²) in [5.41, 5.74) is 2.26. The standard InChI is InChI=1S/C18H31N5O/c1-3-8-22-10-6-11-23-16(14-22)12-15(20-23)13-19-18(24)17-7-4-5-9-21(17)2/h12,17H,3-11,13-14H2,1-2H3,(H,19,24)/t17-/m1/s1. The van der Waals surface area contributed by atoms with Crippen LogP contribution in [0.5, 0.6) is 0 Å². The van der Waals surface area contributed by atoms with Crippen LogP contribution in [0.4, 0.5) is 0 Å². The molecule has 1 atom stereocenters. The Morgan fingerprint density at radius 2 is 2.17 bits per heavy atom. The summed E-state index contributed by atoms with van der Waals surface area (Å²) in [4.78, 5) is 17.1. The first-order valence-corrected chi connectivity index (χ1v) is 9.43. The van der Waals surface area contributed by atoms with Gasteiger partial charge >= 0.3 is 0 Å². The Hall–Kier alpha value is -1.40. The Balaban J connectivity index is 1.56. The number of hydrogen-bond acceptors (Lipinski definition) is 4. The maximum atomic E-state index is 12.4. The van der Waals surface area contributed by atoms with Gasteiger partial charge in [0.1, 0.15) is 0 Å². The molecular weight excluding hydrogens is 302 g/mol. The minimum absolute atomic E-state index is 0.0271. The van der Waals surface area contributed by atoms with Crippen LogP contribution in [0.1, 0.15) is 50.4 Å². The average molecular weight is 333 g/mol. The summed E-state index contributed by atoms with van der Waals surface area (Å²) in [5.74, 6) is 0.146. The van der Waals surface area contributed by atoms with Crippen LogP contribution < -0.4 is 5.32 Å². The number of aryl methyl sites for hydroxylation is 1. The monoisotopic (exact) mass is 333 g/mol. The molecule has 6 heteroatoms. The first kappa shape index (κ1) is 17.4. The van der Waals surface area contributed by atoms with Crippen molar-refractivity contribution in [2.24, 2.45) is 0 Å². The SMILES string of the molecule is CCCN1CCCn2nc(CNC(=O)[C@H]3CCCCN3C)cc2C1. The molecule has 0 aliphatic carbocycles. The molecule has 6 nitrogen and oxygen atoms in total. The van der Waals surface area contributed by atoms with Gasteiger partial charge < -0.3 is 5.32 Å². The maximum absolute atomic E-state index is 12.4. The van der Waals surface area contributed by atoms with Crippen LogP contribution >= 0.6 is 0 Å². The van der Waals surface area contributed by atoms with E-state index in [0.29, 0.717) is 6.54 Å². The van der Waals surface area contributed by atoms with E-state index in [0.717, 1.165) is 57.7 Å². The molecule has 3 heterocycles. The number of nitrogens with one attached hydrogen (secondary N) is 1. The van der Waals surface area contributed by atoms with Crippen LogP contribution in [0.2, 0.25) is 0 Å². The third kappa shape index (κ3) is 4.16. The topological polar surface area (TPSA) is 53.4 Å². The van der Waals surface area contributed by atoms with Gasteiger partial charge in [-0.2, -0.15) is 5.10 Å². The van der Waals surface area contributed by atoms with Gasteiger partial charge in [0.2, 0.25) is 5.91 Å². The van der Waals surface area contributed by atoms with E-state index in [1.165, 1.54) is 18.5 Å². The van der Waals surface area contributed by atoms with Gasteiger partial charge in [0.25, 0.3) is 0 Å². The lowest BCUT2D eigenvalue weighted by Gasteiger charge is -2.31. The van der Waals surface area contributed by atoms with Gasteiger partial charge in [0, 0.05) is 19.6 Å². The van der Waals surface area contributed by atoms with Crippen molar-refractivity contribution in [3.63, 3.8) is 0 Å². The van der Waals surface area contributed by atoms with E-state index in [1.54, 1.807) is 0 Å². The number of nitrogens with zero attached hydrogens (tertiary/aromatic N) is 4. The molecule has 1 aromatic rings. The first-order valence-electron chi connectivity index (χ1n) is 9.43. The lowest BCUT2D eigenvalue weighted by atomic mass is 10.0. The number of hydrogen-bond donors (Lipinski definition) is 1. The number of likely N-dealkylation sites (N-methyl/N-ethyl adjacent to an activating group) is 1. The Kier molecular flexibility index (Phi) is 5.89. The van der Waals surface area contributed by atoms with Crippen molar-refractivity contribution in [2.75, 3.05) is 26.7 Å². The molecule has 24 heavy (non-hydrogen) atoms. The quantitative estimate of drug-likeness (QED) is 0.889. The Morgan fingerprint density at radius 3 is 2.96 bits per heavy atom. The zero-order valence-electron chi connectivity index (χ0n) is 15.1. The number of amides is 1. The van der Waals surface area contributed by atoms with Crippen molar-refractivity contribution >= 4 is 5.91 Å². The molecule has 0 unspecified atom stereocenters.